The van der Waals surface area contributed by atoms with E-state index in [-0.39, 0.29) is 0 Å². The Hall–Kier alpha value is 0.450. The molecule has 17 heavy (non-hydrogen) atoms. The van der Waals surface area contributed by atoms with Gasteiger partial charge in [-0.1, -0.05) is 22.6 Å². The molecule has 1 rings (SSSR count). The average molecular weight is 364 g/mol. The van der Waals surface area contributed by atoms with Crippen LogP contribution in [0.2, 0.25) is 0 Å². The second-order valence-corrected chi connectivity index (χ2v) is 4.74. The number of halogens is 1. The molecular formula is C9H17IO7. The van der Waals surface area contributed by atoms with Gasteiger partial charge in [0.15, 0.2) is 0 Å². The Morgan fingerprint density at radius 1 is 1.12 bits per heavy atom. The number of rotatable bonds is 6. The van der Waals surface area contributed by atoms with Gasteiger partial charge in [0.2, 0.25) is 6.29 Å². The van der Waals surface area contributed by atoms with Crippen molar-refractivity contribution >= 4 is 22.6 Å². The predicted molar refractivity (Wildman–Crippen MR) is 64.3 cm³/mol. The molecule has 5 atom stereocenters. The van der Waals surface area contributed by atoms with Gasteiger partial charge >= 0.3 is 0 Å². The lowest BCUT2D eigenvalue weighted by Gasteiger charge is -2.38. The lowest BCUT2D eigenvalue weighted by Crippen LogP contribution is -2.59. The van der Waals surface area contributed by atoms with Crippen molar-refractivity contribution in [2.45, 2.75) is 37.1 Å². The van der Waals surface area contributed by atoms with Gasteiger partial charge < -0.3 is 25.2 Å². The summed E-state index contributed by atoms with van der Waals surface area (Å²) in [5, 5.41) is 37.4. The standard InChI is InChI=1S/C9H17IO7/c10-2-1-3-15-17-9-8(14)7(13)6(12)5(4-11)16-9/h5-9,11-14H,1-4H2/t5-,6-,7+,8+,9+/m1/s1. The highest BCUT2D eigenvalue weighted by Crippen LogP contribution is 2.21. The van der Waals surface area contributed by atoms with Gasteiger partial charge in [-0.15, -0.1) is 0 Å². The summed E-state index contributed by atoms with van der Waals surface area (Å²) in [6.07, 6.45) is -5.68. The fraction of sp³-hybridized carbons (Fsp3) is 1.00. The van der Waals surface area contributed by atoms with Gasteiger partial charge in [0.25, 0.3) is 0 Å². The van der Waals surface area contributed by atoms with Crippen LogP contribution in [0.25, 0.3) is 0 Å². The summed E-state index contributed by atoms with van der Waals surface area (Å²) in [7, 11) is 0. The summed E-state index contributed by atoms with van der Waals surface area (Å²) in [5.41, 5.74) is 0. The second-order valence-electron chi connectivity index (χ2n) is 3.66. The molecular weight excluding hydrogens is 347 g/mol. The van der Waals surface area contributed by atoms with E-state index in [0.29, 0.717) is 6.61 Å². The zero-order chi connectivity index (χ0) is 12.8. The van der Waals surface area contributed by atoms with Crippen LogP contribution in [0.5, 0.6) is 0 Å². The predicted octanol–water partition coefficient (Wildman–Crippen LogP) is -1.44. The molecule has 1 aliphatic rings. The van der Waals surface area contributed by atoms with E-state index in [0.717, 1.165) is 10.8 Å². The number of hydrogen-bond donors (Lipinski definition) is 4. The normalized spacial score (nSPS) is 38.3. The highest BCUT2D eigenvalue weighted by Gasteiger charge is 2.44. The number of aliphatic hydroxyl groups is 4. The molecule has 0 amide bonds. The Balaban J connectivity index is 2.42. The van der Waals surface area contributed by atoms with E-state index in [1.54, 1.807) is 0 Å². The van der Waals surface area contributed by atoms with Gasteiger partial charge in [0.05, 0.1) is 13.2 Å². The smallest absolute Gasteiger partial charge is 0.220 e. The highest BCUT2D eigenvalue weighted by molar-refractivity contribution is 14.1. The monoisotopic (exact) mass is 364 g/mol. The van der Waals surface area contributed by atoms with E-state index >= 15 is 0 Å². The molecule has 0 spiro atoms. The van der Waals surface area contributed by atoms with Crippen molar-refractivity contribution in [3.05, 3.63) is 0 Å². The SMILES string of the molecule is OC[C@H]1O[C@@H](OOCCCI)[C@@H](O)[C@@H](O)[C@@H]1O. The minimum atomic E-state index is -1.45. The first-order valence-electron chi connectivity index (χ1n) is 5.26. The maximum absolute atomic E-state index is 9.55. The van der Waals surface area contributed by atoms with E-state index in [4.69, 9.17) is 19.6 Å². The molecule has 1 saturated heterocycles. The topological polar surface area (TPSA) is 109 Å². The Bertz CT molecular complexity index is 216. The van der Waals surface area contributed by atoms with Crippen LogP contribution in [0.4, 0.5) is 0 Å². The number of aliphatic hydroxyl groups excluding tert-OH is 4. The number of hydrogen-bond acceptors (Lipinski definition) is 7. The van der Waals surface area contributed by atoms with Crippen LogP contribution in [0.15, 0.2) is 0 Å². The third kappa shape index (κ3) is 4.24. The van der Waals surface area contributed by atoms with Crippen molar-refractivity contribution in [3.63, 3.8) is 0 Å². The van der Waals surface area contributed by atoms with E-state index < -0.39 is 37.3 Å². The second kappa shape index (κ2) is 7.79. The lowest BCUT2D eigenvalue weighted by atomic mass is 9.99. The Morgan fingerprint density at radius 2 is 1.82 bits per heavy atom. The summed E-state index contributed by atoms with van der Waals surface area (Å²) in [4.78, 5) is 9.59. The molecule has 4 N–H and O–H groups in total. The molecule has 0 aromatic rings. The maximum atomic E-state index is 9.55. The van der Waals surface area contributed by atoms with Gasteiger partial charge in [-0.25, -0.2) is 9.78 Å². The minimum Gasteiger partial charge on any atom is -0.394 e. The fourth-order valence-electron chi connectivity index (χ4n) is 1.38. The van der Waals surface area contributed by atoms with Crippen molar-refractivity contribution in [3.8, 4) is 0 Å². The first-order chi connectivity index (χ1) is 8.11. The lowest BCUT2D eigenvalue weighted by molar-refractivity contribution is -0.425. The first kappa shape index (κ1) is 15.5. The Morgan fingerprint density at radius 3 is 2.41 bits per heavy atom. The van der Waals surface area contributed by atoms with E-state index in [9.17, 15) is 15.3 Å². The zero-order valence-corrected chi connectivity index (χ0v) is 11.3. The Kier molecular flexibility index (Phi) is 7.11. The first-order valence-corrected chi connectivity index (χ1v) is 6.79. The average Bonchev–Trinajstić information content (AvgIpc) is 2.34. The van der Waals surface area contributed by atoms with Crippen LogP contribution in [0, 0.1) is 0 Å². The van der Waals surface area contributed by atoms with Gasteiger partial charge in [-0.2, -0.15) is 0 Å². The van der Waals surface area contributed by atoms with Gasteiger partial charge in [-0.05, 0) is 6.42 Å². The van der Waals surface area contributed by atoms with Gasteiger partial charge in [0.1, 0.15) is 24.4 Å². The molecule has 8 heteroatoms. The third-order valence-electron chi connectivity index (χ3n) is 2.37. The van der Waals surface area contributed by atoms with Crippen molar-refractivity contribution in [1.82, 2.24) is 0 Å². The van der Waals surface area contributed by atoms with Gasteiger partial charge in [-0.3, -0.25) is 0 Å². The highest BCUT2D eigenvalue weighted by atomic mass is 127. The van der Waals surface area contributed by atoms with Crippen molar-refractivity contribution in [2.75, 3.05) is 17.6 Å². The summed E-state index contributed by atoms with van der Waals surface area (Å²) in [6, 6.07) is 0. The molecule has 7 nitrogen and oxygen atoms in total. The molecule has 1 fully saturated rings. The molecule has 0 aliphatic carbocycles. The molecule has 0 aromatic carbocycles. The maximum Gasteiger partial charge on any atom is 0.220 e. The number of alkyl halides is 1. The number of ether oxygens (including phenoxy) is 1. The van der Waals surface area contributed by atoms with Crippen molar-refractivity contribution in [2.24, 2.45) is 0 Å². The molecule has 0 saturated carbocycles. The van der Waals surface area contributed by atoms with Crippen LogP contribution in [0.3, 0.4) is 0 Å². The fourth-order valence-corrected chi connectivity index (χ4v) is 1.69. The Labute approximate surface area is 112 Å². The third-order valence-corrected chi connectivity index (χ3v) is 3.14. The van der Waals surface area contributed by atoms with E-state index in [1.165, 1.54) is 0 Å². The van der Waals surface area contributed by atoms with Crippen LogP contribution in [0.1, 0.15) is 6.42 Å². The quantitative estimate of drug-likeness (QED) is 0.150. The summed E-state index contributed by atoms with van der Waals surface area (Å²) in [5.74, 6) is 0. The summed E-state index contributed by atoms with van der Waals surface area (Å²) in [6.45, 7) is -0.156. The summed E-state index contributed by atoms with van der Waals surface area (Å²) >= 11 is 2.18. The van der Waals surface area contributed by atoms with Crippen molar-refractivity contribution in [1.29, 1.82) is 0 Å². The molecule has 102 valence electrons. The van der Waals surface area contributed by atoms with E-state index in [2.05, 4.69) is 22.6 Å². The zero-order valence-electron chi connectivity index (χ0n) is 9.11. The largest absolute Gasteiger partial charge is 0.394 e. The van der Waals surface area contributed by atoms with E-state index in [1.807, 2.05) is 0 Å². The van der Waals surface area contributed by atoms with Crippen LogP contribution in [-0.4, -0.2) is 68.8 Å². The molecule has 1 heterocycles. The minimum absolute atomic E-state index is 0.331. The molecule has 0 bridgehead atoms. The molecule has 0 unspecified atom stereocenters. The molecule has 0 aromatic heterocycles. The molecule has 1 aliphatic heterocycles. The van der Waals surface area contributed by atoms with Gasteiger partial charge in [0, 0.05) is 4.43 Å². The van der Waals surface area contributed by atoms with Crippen LogP contribution >= 0.6 is 22.6 Å². The molecule has 0 radical (unpaired) electrons. The summed E-state index contributed by atoms with van der Waals surface area (Å²) < 4.78 is 5.95. The van der Waals surface area contributed by atoms with Crippen LogP contribution in [-0.2, 0) is 14.5 Å². The van der Waals surface area contributed by atoms with Crippen molar-refractivity contribution < 1.29 is 34.9 Å². The van der Waals surface area contributed by atoms with Crippen LogP contribution < -0.4 is 0 Å².